The summed E-state index contributed by atoms with van der Waals surface area (Å²) in [4.78, 5) is 24.6. The number of ketones is 1. The van der Waals surface area contributed by atoms with E-state index in [1.54, 1.807) is 19.1 Å². The lowest BCUT2D eigenvalue weighted by molar-refractivity contribution is -0.136. The Bertz CT molecular complexity index is 782. The molecule has 2 aliphatic rings. The van der Waals surface area contributed by atoms with Gasteiger partial charge in [0, 0.05) is 29.3 Å². The molecule has 0 fully saturated rings. The Morgan fingerprint density at radius 2 is 2.13 bits per heavy atom. The number of allylic oxidation sites excluding steroid dienone is 3. The van der Waals surface area contributed by atoms with Gasteiger partial charge in [-0.25, -0.2) is 9.18 Å². The lowest BCUT2D eigenvalue weighted by atomic mass is 9.80. The number of hydrogen-bond acceptors (Lipinski definition) is 4. The molecule has 0 spiro atoms. The number of hydrogen-bond donors (Lipinski definition) is 1. The van der Waals surface area contributed by atoms with Gasteiger partial charge in [0.25, 0.3) is 0 Å². The maximum absolute atomic E-state index is 13.6. The standard InChI is InChI=1S/C17H15BrFNO3/c1-8-14(17(22)23-2)15(9-3-4-11(19)10(18)7-9)16-12(20-8)5-6-13(16)21/h3-4,7,15,20H,5-6H2,1-2H3. The van der Waals surface area contributed by atoms with Crippen molar-refractivity contribution in [3.8, 4) is 0 Å². The first-order valence-corrected chi connectivity index (χ1v) is 8.00. The van der Waals surface area contributed by atoms with Crippen molar-refractivity contribution < 1.29 is 18.7 Å². The topological polar surface area (TPSA) is 55.4 Å². The molecule has 0 saturated heterocycles. The number of esters is 1. The number of halogens is 2. The summed E-state index contributed by atoms with van der Waals surface area (Å²) < 4.78 is 18.8. The van der Waals surface area contributed by atoms with Crippen LogP contribution in [0.5, 0.6) is 0 Å². The van der Waals surface area contributed by atoms with E-state index in [-0.39, 0.29) is 5.78 Å². The van der Waals surface area contributed by atoms with Gasteiger partial charge in [0.15, 0.2) is 5.78 Å². The van der Waals surface area contributed by atoms with Crippen LogP contribution in [0.25, 0.3) is 0 Å². The van der Waals surface area contributed by atoms with E-state index in [0.717, 1.165) is 5.70 Å². The third-order valence-electron chi connectivity index (χ3n) is 4.23. The molecular formula is C17H15BrFNO3. The van der Waals surface area contributed by atoms with Crippen molar-refractivity contribution in [2.75, 3.05) is 7.11 Å². The third-order valence-corrected chi connectivity index (χ3v) is 4.84. The van der Waals surface area contributed by atoms with E-state index in [2.05, 4.69) is 21.2 Å². The molecule has 1 aromatic rings. The van der Waals surface area contributed by atoms with Crippen LogP contribution in [0.15, 0.2) is 45.2 Å². The van der Waals surface area contributed by atoms with Gasteiger partial charge >= 0.3 is 5.97 Å². The summed E-state index contributed by atoms with van der Waals surface area (Å²) >= 11 is 3.17. The summed E-state index contributed by atoms with van der Waals surface area (Å²) in [7, 11) is 1.31. The molecule has 1 unspecified atom stereocenters. The van der Waals surface area contributed by atoms with Gasteiger partial charge in [0.2, 0.25) is 0 Å². The SMILES string of the molecule is COC(=O)C1=C(C)NC2=C(C(=O)CC2)C1c1ccc(F)c(Br)c1. The number of dihydropyridines is 1. The van der Waals surface area contributed by atoms with Gasteiger partial charge in [-0.15, -0.1) is 0 Å². The minimum atomic E-state index is -0.536. The van der Waals surface area contributed by atoms with E-state index in [9.17, 15) is 14.0 Å². The highest BCUT2D eigenvalue weighted by Gasteiger charge is 2.40. The summed E-state index contributed by atoms with van der Waals surface area (Å²) in [5.41, 5.74) is 3.15. The second kappa shape index (κ2) is 5.92. The van der Waals surface area contributed by atoms with Crippen LogP contribution >= 0.6 is 15.9 Å². The van der Waals surface area contributed by atoms with Crippen LogP contribution < -0.4 is 5.32 Å². The maximum atomic E-state index is 13.6. The molecular weight excluding hydrogens is 365 g/mol. The minimum absolute atomic E-state index is 0.00634. The summed E-state index contributed by atoms with van der Waals surface area (Å²) in [5.74, 6) is -1.42. The van der Waals surface area contributed by atoms with Gasteiger partial charge in [-0.05, 0) is 47.0 Å². The number of ether oxygens (including phenoxy) is 1. The zero-order valence-electron chi connectivity index (χ0n) is 12.7. The molecule has 23 heavy (non-hydrogen) atoms. The van der Waals surface area contributed by atoms with Crippen LogP contribution in [0.3, 0.4) is 0 Å². The van der Waals surface area contributed by atoms with E-state index in [1.807, 2.05) is 0 Å². The number of benzene rings is 1. The first kappa shape index (κ1) is 15.9. The Morgan fingerprint density at radius 3 is 2.78 bits per heavy atom. The highest BCUT2D eigenvalue weighted by atomic mass is 79.9. The molecule has 1 atom stereocenters. The molecule has 3 rings (SSSR count). The predicted octanol–water partition coefficient (Wildman–Crippen LogP) is 3.34. The second-order valence-corrected chi connectivity index (χ2v) is 6.43. The molecule has 6 heteroatoms. The molecule has 0 amide bonds. The number of methoxy groups -OCH3 is 1. The van der Waals surface area contributed by atoms with Crippen molar-refractivity contribution in [3.63, 3.8) is 0 Å². The van der Waals surface area contributed by atoms with E-state index < -0.39 is 17.7 Å². The fourth-order valence-corrected chi connectivity index (χ4v) is 3.60. The van der Waals surface area contributed by atoms with E-state index >= 15 is 0 Å². The maximum Gasteiger partial charge on any atom is 0.336 e. The fraction of sp³-hybridized carbons (Fsp3) is 0.294. The number of rotatable bonds is 2. The number of nitrogens with one attached hydrogen (secondary N) is 1. The summed E-state index contributed by atoms with van der Waals surface area (Å²) in [6.07, 6.45) is 1.04. The molecule has 0 bridgehead atoms. The normalized spacial score (nSPS) is 20.5. The molecule has 0 saturated carbocycles. The lowest BCUT2D eigenvalue weighted by Crippen LogP contribution is -2.29. The largest absolute Gasteiger partial charge is 0.466 e. The first-order chi connectivity index (χ1) is 10.9. The van der Waals surface area contributed by atoms with Gasteiger partial charge < -0.3 is 10.1 Å². The van der Waals surface area contributed by atoms with Gasteiger partial charge in [-0.3, -0.25) is 4.79 Å². The quantitative estimate of drug-likeness (QED) is 0.800. The zero-order chi connectivity index (χ0) is 16.7. The highest BCUT2D eigenvalue weighted by molar-refractivity contribution is 9.10. The van der Waals surface area contributed by atoms with Crippen molar-refractivity contribution in [2.24, 2.45) is 0 Å². The van der Waals surface area contributed by atoms with Gasteiger partial charge in [0.1, 0.15) is 5.82 Å². The van der Waals surface area contributed by atoms with Gasteiger partial charge in [-0.1, -0.05) is 6.07 Å². The minimum Gasteiger partial charge on any atom is -0.466 e. The number of carbonyl (C=O) groups excluding carboxylic acids is 2. The Kier molecular flexibility index (Phi) is 4.10. The van der Waals surface area contributed by atoms with Crippen LogP contribution in [0.2, 0.25) is 0 Å². The van der Waals surface area contributed by atoms with Crippen LogP contribution in [-0.4, -0.2) is 18.9 Å². The van der Waals surface area contributed by atoms with E-state index in [4.69, 9.17) is 4.74 Å². The fourth-order valence-electron chi connectivity index (χ4n) is 3.20. The summed E-state index contributed by atoms with van der Waals surface area (Å²) in [6.45, 7) is 1.78. The first-order valence-electron chi connectivity index (χ1n) is 7.21. The third kappa shape index (κ3) is 2.61. The van der Waals surface area contributed by atoms with Crippen molar-refractivity contribution in [1.82, 2.24) is 5.32 Å². The van der Waals surface area contributed by atoms with Crippen molar-refractivity contribution in [3.05, 3.63) is 56.6 Å². The predicted molar refractivity (Wildman–Crippen MR) is 86.0 cm³/mol. The van der Waals surface area contributed by atoms with Gasteiger partial charge in [-0.2, -0.15) is 0 Å². The average Bonchev–Trinajstić information content (AvgIpc) is 2.89. The smallest absolute Gasteiger partial charge is 0.336 e. The van der Waals surface area contributed by atoms with Gasteiger partial charge in [0.05, 0.1) is 17.2 Å². The van der Waals surface area contributed by atoms with Crippen LogP contribution in [-0.2, 0) is 14.3 Å². The summed E-state index contributed by atoms with van der Waals surface area (Å²) in [6, 6.07) is 4.53. The van der Waals surface area contributed by atoms with Crippen molar-refractivity contribution in [1.29, 1.82) is 0 Å². The number of Topliss-reactive ketones (excluding diaryl/α,β-unsaturated/α-hetero) is 1. The van der Waals surface area contributed by atoms with Crippen molar-refractivity contribution in [2.45, 2.75) is 25.7 Å². The van der Waals surface area contributed by atoms with Crippen molar-refractivity contribution >= 4 is 27.7 Å². The molecule has 120 valence electrons. The highest BCUT2D eigenvalue weighted by Crippen LogP contribution is 2.43. The lowest BCUT2D eigenvalue weighted by Gasteiger charge is -2.29. The Labute approximate surface area is 141 Å². The Morgan fingerprint density at radius 1 is 1.39 bits per heavy atom. The second-order valence-electron chi connectivity index (χ2n) is 5.58. The molecule has 1 aromatic carbocycles. The molecule has 1 aliphatic carbocycles. The number of carbonyl (C=O) groups is 2. The zero-order valence-corrected chi connectivity index (χ0v) is 14.3. The summed E-state index contributed by atoms with van der Waals surface area (Å²) in [5, 5.41) is 3.15. The van der Waals surface area contributed by atoms with Crippen LogP contribution in [0.1, 0.15) is 31.2 Å². The Balaban J connectivity index is 2.20. The molecule has 0 aromatic heterocycles. The molecule has 0 radical (unpaired) electrons. The molecule has 4 nitrogen and oxygen atoms in total. The monoisotopic (exact) mass is 379 g/mol. The average molecular weight is 380 g/mol. The van der Waals surface area contributed by atoms with Crippen LogP contribution in [0.4, 0.5) is 4.39 Å². The van der Waals surface area contributed by atoms with Crippen LogP contribution in [0, 0.1) is 5.82 Å². The Hall–Kier alpha value is -1.95. The molecule has 1 aliphatic heterocycles. The van der Waals surface area contributed by atoms with E-state index in [0.29, 0.717) is 39.7 Å². The van der Waals surface area contributed by atoms with E-state index in [1.165, 1.54) is 13.2 Å². The molecule has 1 heterocycles. The molecule has 1 N–H and O–H groups in total.